The van der Waals surface area contributed by atoms with Crippen molar-refractivity contribution in [2.75, 3.05) is 6.61 Å². The van der Waals surface area contributed by atoms with E-state index in [-0.39, 0.29) is 16.9 Å². The van der Waals surface area contributed by atoms with Crippen LogP contribution in [0, 0.1) is 5.92 Å². The maximum absolute atomic E-state index is 11.1. The Hall–Kier alpha value is -2.04. The van der Waals surface area contributed by atoms with E-state index in [4.69, 9.17) is 14.9 Å². The molecule has 0 atom stereocenters. The predicted octanol–water partition coefficient (Wildman–Crippen LogP) is 2.90. The highest BCUT2D eigenvalue weighted by molar-refractivity contribution is 6.03. The van der Waals surface area contributed by atoms with Gasteiger partial charge >= 0.3 is 11.9 Å². The van der Waals surface area contributed by atoms with E-state index in [0.29, 0.717) is 12.5 Å². The van der Waals surface area contributed by atoms with Gasteiger partial charge in [0.05, 0.1) is 12.2 Å². The summed E-state index contributed by atoms with van der Waals surface area (Å²) in [5.74, 6) is -1.91. The Morgan fingerprint density at radius 1 is 1.21 bits per heavy atom. The first kappa shape index (κ1) is 15.0. The third kappa shape index (κ3) is 4.28. The number of carbonyl (C=O) groups is 2. The number of aromatic carboxylic acids is 2. The largest absolute Gasteiger partial charge is 0.493 e. The van der Waals surface area contributed by atoms with Crippen LogP contribution in [0.4, 0.5) is 0 Å². The SMILES string of the molecule is CC(C)CCCOc1cccc(C(=O)O)c1C(=O)O. The van der Waals surface area contributed by atoms with Crippen molar-refractivity contribution in [1.82, 2.24) is 0 Å². The van der Waals surface area contributed by atoms with E-state index in [0.717, 1.165) is 12.8 Å². The Morgan fingerprint density at radius 2 is 1.89 bits per heavy atom. The van der Waals surface area contributed by atoms with Gasteiger partial charge in [-0.1, -0.05) is 19.9 Å². The van der Waals surface area contributed by atoms with Crippen molar-refractivity contribution in [2.45, 2.75) is 26.7 Å². The summed E-state index contributed by atoms with van der Waals surface area (Å²) in [4.78, 5) is 22.1. The lowest BCUT2D eigenvalue weighted by Crippen LogP contribution is -2.11. The van der Waals surface area contributed by atoms with E-state index >= 15 is 0 Å². The molecule has 0 saturated carbocycles. The highest BCUT2D eigenvalue weighted by atomic mass is 16.5. The zero-order valence-electron chi connectivity index (χ0n) is 11.0. The van der Waals surface area contributed by atoms with Crippen molar-refractivity contribution in [2.24, 2.45) is 5.92 Å². The maximum atomic E-state index is 11.1. The topological polar surface area (TPSA) is 83.8 Å². The molecule has 0 heterocycles. The smallest absolute Gasteiger partial charge is 0.340 e. The monoisotopic (exact) mass is 266 g/mol. The zero-order chi connectivity index (χ0) is 14.4. The Bertz CT molecular complexity index is 465. The molecule has 0 fully saturated rings. The van der Waals surface area contributed by atoms with Crippen LogP contribution in [-0.2, 0) is 0 Å². The number of ether oxygens (including phenoxy) is 1. The van der Waals surface area contributed by atoms with Gasteiger partial charge < -0.3 is 14.9 Å². The van der Waals surface area contributed by atoms with Crippen molar-refractivity contribution < 1.29 is 24.5 Å². The van der Waals surface area contributed by atoms with E-state index in [2.05, 4.69) is 13.8 Å². The predicted molar refractivity (Wildman–Crippen MR) is 69.9 cm³/mol. The molecule has 104 valence electrons. The number of hydrogen-bond acceptors (Lipinski definition) is 3. The maximum Gasteiger partial charge on any atom is 0.340 e. The molecule has 0 aromatic heterocycles. The van der Waals surface area contributed by atoms with Gasteiger partial charge in [0.15, 0.2) is 0 Å². The molecule has 0 aliphatic carbocycles. The van der Waals surface area contributed by atoms with Gasteiger partial charge in [-0.15, -0.1) is 0 Å². The van der Waals surface area contributed by atoms with Crippen LogP contribution in [0.3, 0.4) is 0 Å². The molecule has 0 aliphatic heterocycles. The summed E-state index contributed by atoms with van der Waals surface area (Å²) in [6.07, 6.45) is 1.77. The number of benzene rings is 1. The molecule has 0 bridgehead atoms. The lowest BCUT2D eigenvalue weighted by molar-refractivity contribution is 0.0647. The van der Waals surface area contributed by atoms with Gasteiger partial charge in [-0.3, -0.25) is 0 Å². The van der Waals surface area contributed by atoms with Crippen molar-refractivity contribution in [1.29, 1.82) is 0 Å². The molecule has 0 saturated heterocycles. The average molecular weight is 266 g/mol. The van der Waals surface area contributed by atoms with Gasteiger partial charge in [-0.05, 0) is 30.9 Å². The first-order valence-corrected chi connectivity index (χ1v) is 6.16. The second-order valence-electron chi connectivity index (χ2n) is 4.67. The van der Waals surface area contributed by atoms with Crippen molar-refractivity contribution in [3.05, 3.63) is 29.3 Å². The van der Waals surface area contributed by atoms with Crippen LogP contribution in [0.5, 0.6) is 5.75 Å². The third-order valence-corrected chi connectivity index (χ3v) is 2.65. The minimum atomic E-state index is -1.29. The summed E-state index contributed by atoms with van der Waals surface area (Å²) in [5.41, 5.74) is -0.548. The quantitative estimate of drug-likeness (QED) is 0.741. The number of carboxylic acids is 2. The molecule has 0 spiro atoms. The fourth-order valence-corrected chi connectivity index (χ4v) is 1.72. The van der Waals surface area contributed by atoms with E-state index < -0.39 is 11.9 Å². The molecule has 0 unspecified atom stereocenters. The Balaban J connectivity index is 2.85. The first-order valence-electron chi connectivity index (χ1n) is 6.16. The molecular weight excluding hydrogens is 248 g/mol. The van der Waals surface area contributed by atoms with E-state index in [1.54, 1.807) is 0 Å². The first-order chi connectivity index (χ1) is 8.93. The van der Waals surface area contributed by atoms with Crippen LogP contribution in [-0.4, -0.2) is 28.8 Å². The Kier molecular flexibility index (Phi) is 5.36. The molecule has 19 heavy (non-hydrogen) atoms. The van der Waals surface area contributed by atoms with Crippen molar-refractivity contribution in [3.8, 4) is 5.75 Å². The van der Waals surface area contributed by atoms with Crippen LogP contribution in [0.15, 0.2) is 18.2 Å². The number of hydrogen-bond donors (Lipinski definition) is 2. The number of carboxylic acid groups (broad SMARTS) is 2. The Labute approximate surface area is 111 Å². The fraction of sp³-hybridized carbons (Fsp3) is 0.429. The molecule has 0 aliphatic rings. The van der Waals surface area contributed by atoms with E-state index in [1.807, 2.05) is 0 Å². The standard InChI is InChI=1S/C14H18O5/c1-9(2)5-4-8-19-11-7-3-6-10(13(15)16)12(11)14(17)18/h3,6-7,9H,4-5,8H2,1-2H3,(H,15,16)(H,17,18). The van der Waals surface area contributed by atoms with Gasteiger partial charge in [0.1, 0.15) is 11.3 Å². The molecule has 1 aromatic carbocycles. The summed E-state index contributed by atoms with van der Waals surface area (Å²) < 4.78 is 5.40. The summed E-state index contributed by atoms with van der Waals surface area (Å²) in [7, 11) is 0. The summed E-state index contributed by atoms with van der Waals surface area (Å²) in [6, 6.07) is 4.21. The second kappa shape index (κ2) is 6.78. The molecule has 5 heteroatoms. The highest BCUT2D eigenvalue weighted by Gasteiger charge is 2.20. The minimum Gasteiger partial charge on any atom is -0.493 e. The average Bonchev–Trinajstić information content (AvgIpc) is 2.33. The molecule has 2 N–H and O–H groups in total. The van der Waals surface area contributed by atoms with Crippen molar-refractivity contribution in [3.63, 3.8) is 0 Å². The third-order valence-electron chi connectivity index (χ3n) is 2.65. The molecule has 0 amide bonds. The van der Waals surface area contributed by atoms with Gasteiger partial charge in [0, 0.05) is 0 Å². The molecule has 1 aromatic rings. The molecule has 1 rings (SSSR count). The van der Waals surface area contributed by atoms with Crippen LogP contribution in [0.1, 0.15) is 47.4 Å². The van der Waals surface area contributed by atoms with Crippen LogP contribution >= 0.6 is 0 Å². The van der Waals surface area contributed by atoms with Crippen LogP contribution in [0.25, 0.3) is 0 Å². The zero-order valence-corrected chi connectivity index (χ0v) is 11.0. The lowest BCUT2D eigenvalue weighted by Gasteiger charge is -2.11. The van der Waals surface area contributed by atoms with Gasteiger partial charge in [-0.25, -0.2) is 9.59 Å². The molecular formula is C14H18O5. The van der Waals surface area contributed by atoms with Crippen molar-refractivity contribution >= 4 is 11.9 Å². The number of rotatable bonds is 7. The van der Waals surface area contributed by atoms with Crippen LogP contribution < -0.4 is 4.74 Å². The summed E-state index contributed by atoms with van der Waals surface area (Å²) in [6.45, 7) is 4.56. The second-order valence-corrected chi connectivity index (χ2v) is 4.67. The normalized spacial score (nSPS) is 10.5. The Morgan fingerprint density at radius 3 is 2.42 bits per heavy atom. The van der Waals surface area contributed by atoms with E-state index in [9.17, 15) is 9.59 Å². The molecule has 5 nitrogen and oxygen atoms in total. The fourth-order valence-electron chi connectivity index (χ4n) is 1.72. The molecule has 0 radical (unpaired) electrons. The van der Waals surface area contributed by atoms with Gasteiger partial charge in [-0.2, -0.15) is 0 Å². The summed E-state index contributed by atoms with van der Waals surface area (Å²) >= 11 is 0. The van der Waals surface area contributed by atoms with Gasteiger partial charge in [0.25, 0.3) is 0 Å². The van der Waals surface area contributed by atoms with Gasteiger partial charge in [0.2, 0.25) is 0 Å². The highest BCUT2D eigenvalue weighted by Crippen LogP contribution is 2.23. The van der Waals surface area contributed by atoms with Crippen LogP contribution in [0.2, 0.25) is 0 Å². The lowest BCUT2D eigenvalue weighted by atomic mass is 10.1. The summed E-state index contributed by atoms with van der Waals surface area (Å²) in [5, 5.41) is 18.1. The minimum absolute atomic E-state index is 0.108. The van der Waals surface area contributed by atoms with E-state index in [1.165, 1.54) is 18.2 Å².